The van der Waals surface area contributed by atoms with Gasteiger partial charge in [-0.3, -0.25) is 0 Å². The first-order valence-corrected chi connectivity index (χ1v) is 10.2. The van der Waals surface area contributed by atoms with Gasteiger partial charge in [-0.2, -0.15) is 0 Å². The lowest BCUT2D eigenvalue weighted by Crippen LogP contribution is -2.54. The van der Waals surface area contributed by atoms with Crippen LogP contribution in [0.15, 0.2) is 11.6 Å². The van der Waals surface area contributed by atoms with E-state index in [0.717, 1.165) is 18.3 Å². The lowest BCUT2D eigenvalue weighted by atomic mass is 9.47. The van der Waals surface area contributed by atoms with E-state index < -0.39 is 0 Å². The average Bonchev–Trinajstić information content (AvgIpc) is 2.95. The standard InChI is InChI=1S/C21H36N2O/c1-13(22)17-5-6-19-16-4-3-14-11-15(23)7-9-20(14,2)18(16)8-10-21(17,19)12-24/h3,13,15-19,24H,4-12,22-23H2,1-2H3/t13?,15-,16+,17+,18-,19-,20-,21-/m0/s1. The smallest absolute Gasteiger partial charge is 0.0493 e. The van der Waals surface area contributed by atoms with Gasteiger partial charge in [-0.15, -0.1) is 0 Å². The first-order chi connectivity index (χ1) is 11.4. The monoisotopic (exact) mass is 332 g/mol. The quantitative estimate of drug-likeness (QED) is 0.680. The lowest BCUT2D eigenvalue weighted by molar-refractivity contribution is -0.0802. The molecular weight excluding hydrogens is 296 g/mol. The van der Waals surface area contributed by atoms with Gasteiger partial charge in [0.25, 0.3) is 0 Å². The highest BCUT2D eigenvalue weighted by Gasteiger charge is 2.60. The van der Waals surface area contributed by atoms with Gasteiger partial charge < -0.3 is 16.6 Å². The van der Waals surface area contributed by atoms with Gasteiger partial charge in [-0.1, -0.05) is 18.6 Å². The molecule has 5 N–H and O–H groups in total. The summed E-state index contributed by atoms with van der Waals surface area (Å²) < 4.78 is 0. The molecule has 3 saturated carbocycles. The van der Waals surface area contributed by atoms with Crippen molar-refractivity contribution in [1.82, 2.24) is 0 Å². The van der Waals surface area contributed by atoms with E-state index in [0.29, 0.717) is 29.9 Å². The summed E-state index contributed by atoms with van der Waals surface area (Å²) in [5.41, 5.74) is 14.7. The van der Waals surface area contributed by atoms with Crippen LogP contribution in [0.1, 0.15) is 65.2 Å². The summed E-state index contributed by atoms with van der Waals surface area (Å²) in [4.78, 5) is 0. The van der Waals surface area contributed by atoms with Crippen LogP contribution in [0.4, 0.5) is 0 Å². The maximum absolute atomic E-state index is 10.4. The van der Waals surface area contributed by atoms with E-state index >= 15 is 0 Å². The van der Waals surface area contributed by atoms with Crippen LogP contribution in [-0.4, -0.2) is 23.8 Å². The summed E-state index contributed by atoms with van der Waals surface area (Å²) >= 11 is 0. The average molecular weight is 333 g/mol. The number of rotatable bonds is 2. The molecule has 136 valence electrons. The number of aliphatic hydroxyl groups is 1. The molecule has 0 spiro atoms. The summed E-state index contributed by atoms with van der Waals surface area (Å²) in [7, 11) is 0. The second-order valence-electron chi connectivity index (χ2n) is 9.74. The molecule has 4 aliphatic carbocycles. The van der Waals surface area contributed by atoms with Gasteiger partial charge in [0.15, 0.2) is 0 Å². The van der Waals surface area contributed by atoms with E-state index in [-0.39, 0.29) is 11.5 Å². The third-order valence-corrected chi connectivity index (χ3v) is 8.85. The van der Waals surface area contributed by atoms with Gasteiger partial charge in [-0.05, 0) is 87.4 Å². The van der Waals surface area contributed by atoms with E-state index in [1.165, 1.54) is 44.9 Å². The zero-order chi connectivity index (χ0) is 17.1. The third-order valence-electron chi connectivity index (χ3n) is 8.85. The van der Waals surface area contributed by atoms with Crippen LogP contribution in [0.2, 0.25) is 0 Å². The highest BCUT2D eigenvalue weighted by Crippen LogP contribution is 2.66. The Hall–Kier alpha value is -0.380. The van der Waals surface area contributed by atoms with Crippen molar-refractivity contribution in [3.63, 3.8) is 0 Å². The van der Waals surface area contributed by atoms with Crippen LogP contribution in [0.25, 0.3) is 0 Å². The SMILES string of the molecule is CC(N)[C@H]1CC[C@H]2[C@@H]3CC=C4C[C@@H](N)CC[C@]4(C)[C@H]3CC[C@]12CO. The Kier molecular flexibility index (Phi) is 4.14. The van der Waals surface area contributed by atoms with Crippen LogP contribution in [0.3, 0.4) is 0 Å². The number of allylic oxidation sites excluding steroid dienone is 1. The van der Waals surface area contributed by atoms with Gasteiger partial charge in [0.05, 0.1) is 0 Å². The summed E-state index contributed by atoms with van der Waals surface area (Å²) in [6.07, 6.45) is 12.2. The van der Waals surface area contributed by atoms with Gasteiger partial charge in [0.1, 0.15) is 0 Å². The van der Waals surface area contributed by atoms with Crippen molar-refractivity contribution in [2.75, 3.05) is 6.61 Å². The molecular formula is C21H36N2O. The minimum atomic E-state index is 0.0993. The summed E-state index contributed by atoms with van der Waals surface area (Å²) in [6, 6.07) is 0.576. The Balaban J connectivity index is 1.67. The molecule has 0 aromatic heterocycles. The van der Waals surface area contributed by atoms with Crippen molar-refractivity contribution < 1.29 is 5.11 Å². The molecule has 4 aliphatic rings. The van der Waals surface area contributed by atoms with Crippen LogP contribution >= 0.6 is 0 Å². The number of nitrogens with two attached hydrogens (primary N) is 2. The molecule has 0 aliphatic heterocycles. The van der Waals surface area contributed by atoms with Crippen molar-refractivity contribution in [2.45, 2.75) is 77.3 Å². The molecule has 1 unspecified atom stereocenters. The maximum atomic E-state index is 10.4. The zero-order valence-electron chi connectivity index (χ0n) is 15.5. The van der Waals surface area contributed by atoms with Gasteiger partial charge in [0, 0.05) is 24.1 Å². The molecule has 24 heavy (non-hydrogen) atoms. The first kappa shape index (κ1) is 17.1. The van der Waals surface area contributed by atoms with E-state index in [4.69, 9.17) is 11.5 Å². The Bertz CT molecular complexity index is 530. The predicted octanol–water partition coefficient (Wildman–Crippen LogP) is 3.21. The zero-order valence-corrected chi connectivity index (χ0v) is 15.5. The molecule has 0 heterocycles. The largest absolute Gasteiger partial charge is 0.396 e. The summed E-state index contributed by atoms with van der Waals surface area (Å²) in [5, 5.41) is 10.4. The molecule has 3 heteroatoms. The highest BCUT2D eigenvalue weighted by atomic mass is 16.3. The molecule has 8 atom stereocenters. The molecule has 4 rings (SSSR count). The Labute approximate surface area is 147 Å². The Morgan fingerprint density at radius 2 is 2.00 bits per heavy atom. The van der Waals surface area contributed by atoms with Crippen LogP contribution in [-0.2, 0) is 0 Å². The second-order valence-corrected chi connectivity index (χ2v) is 9.74. The highest BCUT2D eigenvalue weighted by molar-refractivity contribution is 5.26. The van der Waals surface area contributed by atoms with Crippen molar-refractivity contribution in [3.05, 3.63) is 11.6 Å². The van der Waals surface area contributed by atoms with Crippen molar-refractivity contribution in [1.29, 1.82) is 0 Å². The van der Waals surface area contributed by atoms with Crippen molar-refractivity contribution in [2.24, 2.45) is 46.0 Å². The lowest BCUT2D eigenvalue weighted by Gasteiger charge is -2.58. The topological polar surface area (TPSA) is 72.3 Å². The van der Waals surface area contributed by atoms with Crippen molar-refractivity contribution in [3.8, 4) is 0 Å². The van der Waals surface area contributed by atoms with Crippen LogP contribution < -0.4 is 11.5 Å². The predicted molar refractivity (Wildman–Crippen MR) is 98.2 cm³/mol. The van der Waals surface area contributed by atoms with E-state index in [2.05, 4.69) is 19.9 Å². The molecule has 3 nitrogen and oxygen atoms in total. The van der Waals surface area contributed by atoms with Gasteiger partial charge in [-0.25, -0.2) is 0 Å². The fourth-order valence-corrected chi connectivity index (χ4v) is 7.64. The normalized spacial score (nSPS) is 52.0. The Morgan fingerprint density at radius 3 is 2.71 bits per heavy atom. The van der Waals surface area contributed by atoms with E-state index in [1.54, 1.807) is 5.57 Å². The molecule has 0 amide bonds. The fraction of sp³-hybridized carbons (Fsp3) is 0.905. The van der Waals surface area contributed by atoms with E-state index in [1.807, 2.05) is 0 Å². The number of aliphatic hydroxyl groups excluding tert-OH is 1. The van der Waals surface area contributed by atoms with Crippen LogP contribution in [0, 0.1) is 34.5 Å². The fourth-order valence-electron chi connectivity index (χ4n) is 7.64. The Morgan fingerprint density at radius 1 is 1.21 bits per heavy atom. The second kappa shape index (κ2) is 5.82. The molecule has 0 saturated heterocycles. The number of fused-ring (bicyclic) bond motifs is 5. The van der Waals surface area contributed by atoms with Crippen LogP contribution in [0.5, 0.6) is 0 Å². The molecule has 0 aromatic carbocycles. The van der Waals surface area contributed by atoms with Gasteiger partial charge in [0.2, 0.25) is 0 Å². The molecule has 0 bridgehead atoms. The molecule has 0 aromatic rings. The maximum Gasteiger partial charge on any atom is 0.0493 e. The molecule has 3 fully saturated rings. The molecule has 0 radical (unpaired) electrons. The minimum absolute atomic E-state index is 0.0993. The summed E-state index contributed by atoms with van der Waals surface area (Å²) in [5.74, 6) is 2.72. The number of hydrogen-bond donors (Lipinski definition) is 3. The summed E-state index contributed by atoms with van der Waals surface area (Å²) in [6.45, 7) is 5.01. The van der Waals surface area contributed by atoms with E-state index in [9.17, 15) is 5.11 Å². The van der Waals surface area contributed by atoms with Crippen molar-refractivity contribution >= 4 is 0 Å². The third kappa shape index (κ3) is 2.20. The first-order valence-electron chi connectivity index (χ1n) is 10.2. The number of hydrogen-bond acceptors (Lipinski definition) is 3. The minimum Gasteiger partial charge on any atom is -0.396 e. The van der Waals surface area contributed by atoms with Gasteiger partial charge >= 0.3 is 0 Å².